The molecule has 0 radical (unpaired) electrons. The summed E-state index contributed by atoms with van der Waals surface area (Å²) in [5, 5.41) is 12.0. The highest BCUT2D eigenvalue weighted by Crippen LogP contribution is 2.21. The van der Waals surface area contributed by atoms with Crippen molar-refractivity contribution in [2.45, 2.75) is 13.1 Å². The van der Waals surface area contributed by atoms with E-state index < -0.39 is 0 Å². The molecule has 0 spiro atoms. The van der Waals surface area contributed by atoms with Crippen molar-refractivity contribution < 1.29 is 0 Å². The molecule has 0 amide bonds. The summed E-state index contributed by atoms with van der Waals surface area (Å²) in [6, 6.07) is 13.8. The molecule has 0 aliphatic heterocycles. The first-order valence-electron chi connectivity index (χ1n) is 6.23. The Morgan fingerprint density at radius 1 is 1.10 bits per heavy atom. The van der Waals surface area contributed by atoms with Crippen LogP contribution in [0.5, 0.6) is 0 Å². The van der Waals surface area contributed by atoms with Crippen molar-refractivity contribution in [3.05, 3.63) is 63.6 Å². The molecule has 3 rings (SSSR count). The fourth-order valence-corrected chi connectivity index (χ4v) is 2.88. The van der Waals surface area contributed by atoms with E-state index in [-0.39, 0.29) is 0 Å². The lowest BCUT2D eigenvalue weighted by molar-refractivity contribution is 0.667. The minimum absolute atomic E-state index is 0.683. The Balaban J connectivity index is 1.58. The van der Waals surface area contributed by atoms with E-state index in [2.05, 4.69) is 15.5 Å². The molecule has 0 aliphatic rings. The molecule has 0 unspecified atom stereocenters. The zero-order valence-electron chi connectivity index (χ0n) is 10.7. The summed E-state index contributed by atoms with van der Waals surface area (Å²) >= 11 is 7.48. The predicted molar refractivity (Wildman–Crippen MR) is 81.2 cm³/mol. The first-order chi connectivity index (χ1) is 9.81. The maximum absolute atomic E-state index is 5.89. The lowest BCUT2D eigenvalue weighted by Gasteiger charge is -2.00. The van der Waals surface area contributed by atoms with Crippen molar-refractivity contribution >= 4 is 22.9 Å². The van der Waals surface area contributed by atoms with Crippen LogP contribution in [0, 0.1) is 0 Å². The van der Waals surface area contributed by atoms with Gasteiger partial charge in [0.1, 0.15) is 0 Å². The first-order valence-corrected chi connectivity index (χ1v) is 7.42. The highest BCUT2D eigenvalue weighted by molar-refractivity contribution is 7.16. The molecule has 0 bridgehead atoms. The van der Waals surface area contributed by atoms with E-state index in [0.717, 1.165) is 22.3 Å². The summed E-state index contributed by atoms with van der Waals surface area (Å²) in [4.78, 5) is 2.85. The van der Waals surface area contributed by atoms with Gasteiger partial charge in [0.25, 0.3) is 0 Å². The standard InChI is InChI=1S/C14H13ClN4S/c15-14-7-6-13(20-14)10-16-8-11-9-17-19(18-11)12-4-2-1-3-5-12/h1-7,9,16H,8,10H2. The second kappa shape index (κ2) is 6.17. The summed E-state index contributed by atoms with van der Waals surface area (Å²) in [6.45, 7) is 1.47. The summed E-state index contributed by atoms with van der Waals surface area (Å²) in [6.07, 6.45) is 1.78. The molecule has 2 aromatic heterocycles. The maximum Gasteiger partial charge on any atom is 0.0969 e. The molecule has 102 valence electrons. The van der Waals surface area contributed by atoms with Crippen molar-refractivity contribution in [1.82, 2.24) is 20.3 Å². The van der Waals surface area contributed by atoms with E-state index in [0.29, 0.717) is 6.54 Å². The second-order valence-electron chi connectivity index (χ2n) is 4.27. The van der Waals surface area contributed by atoms with Gasteiger partial charge in [-0.3, -0.25) is 0 Å². The van der Waals surface area contributed by atoms with Crippen LogP contribution in [0.4, 0.5) is 0 Å². The molecule has 0 saturated heterocycles. The van der Waals surface area contributed by atoms with E-state index in [1.54, 1.807) is 22.3 Å². The van der Waals surface area contributed by atoms with E-state index in [4.69, 9.17) is 11.6 Å². The first kappa shape index (κ1) is 13.3. The van der Waals surface area contributed by atoms with Crippen molar-refractivity contribution in [3.8, 4) is 5.69 Å². The molecular weight excluding hydrogens is 292 g/mol. The molecule has 0 fully saturated rings. The van der Waals surface area contributed by atoms with E-state index in [9.17, 15) is 0 Å². The summed E-state index contributed by atoms with van der Waals surface area (Å²) in [7, 11) is 0. The van der Waals surface area contributed by atoms with Gasteiger partial charge in [0, 0.05) is 18.0 Å². The maximum atomic E-state index is 5.89. The third-order valence-electron chi connectivity index (χ3n) is 2.76. The van der Waals surface area contributed by atoms with Crippen LogP contribution < -0.4 is 5.32 Å². The van der Waals surface area contributed by atoms with Gasteiger partial charge in [-0.25, -0.2) is 0 Å². The highest BCUT2D eigenvalue weighted by Gasteiger charge is 2.03. The van der Waals surface area contributed by atoms with Gasteiger partial charge in [-0.2, -0.15) is 15.0 Å². The number of aromatic nitrogens is 3. The molecule has 0 atom stereocenters. The van der Waals surface area contributed by atoms with Crippen LogP contribution in [0.1, 0.15) is 10.6 Å². The van der Waals surface area contributed by atoms with E-state index in [1.807, 2.05) is 42.5 Å². The lowest BCUT2D eigenvalue weighted by atomic mass is 10.3. The highest BCUT2D eigenvalue weighted by atomic mass is 35.5. The fraction of sp³-hybridized carbons (Fsp3) is 0.143. The molecule has 2 heterocycles. The van der Waals surface area contributed by atoms with Crippen LogP contribution in [-0.2, 0) is 13.1 Å². The quantitative estimate of drug-likeness (QED) is 0.786. The number of halogens is 1. The number of para-hydroxylation sites is 1. The molecule has 1 N–H and O–H groups in total. The van der Waals surface area contributed by atoms with E-state index in [1.165, 1.54) is 4.88 Å². The van der Waals surface area contributed by atoms with Gasteiger partial charge in [-0.05, 0) is 24.3 Å². The minimum Gasteiger partial charge on any atom is -0.306 e. The molecular formula is C14H13ClN4S. The van der Waals surface area contributed by atoms with Gasteiger partial charge < -0.3 is 5.32 Å². The average Bonchev–Trinajstić information content (AvgIpc) is 3.09. The number of hydrogen-bond donors (Lipinski definition) is 1. The number of nitrogens with one attached hydrogen (secondary N) is 1. The van der Waals surface area contributed by atoms with Gasteiger partial charge in [0.05, 0.1) is 21.9 Å². The average molecular weight is 305 g/mol. The molecule has 0 saturated carbocycles. The Bertz CT molecular complexity index is 677. The Morgan fingerprint density at radius 3 is 2.70 bits per heavy atom. The number of hydrogen-bond acceptors (Lipinski definition) is 4. The molecule has 3 aromatic rings. The lowest BCUT2D eigenvalue weighted by Crippen LogP contribution is -2.12. The van der Waals surface area contributed by atoms with Crippen LogP contribution in [0.25, 0.3) is 5.69 Å². The third-order valence-corrected chi connectivity index (χ3v) is 3.99. The van der Waals surface area contributed by atoms with Crippen molar-refractivity contribution in [1.29, 1.82) is 0 Å². The predicted octanol–water partition coefficient (Wildman–Crippen LogP) is 3.27. The zero-order valence-corrected chi connectivity index (χ0v) is 12.2. The molecule has 4 nitrogen and oxygen atoms in total. The van der Waals surface area contributed by atoms with Gasteiger partial charge in [0.2, 0.25) is 0 Å². The van der Waals surface area contributed by atoms with Crippen molar-refractivity contribution in [2.75, 3.05) is 0 Å². The van der Waals surface area contributed by atoms with Gasteiger partial charge >= 0.3 is 0 Å². The van der Waals surface area contributed by atoms with Crippen molar-refractivity contribution in [3.63, 3.8) is 0 Å². The Morgan fingerprint density at radius 2 is 1.95 bits per heavy atom. The summed E-state index contributed by atoms with van der Waals surface area (Å²) < 4.78 is 0.817. The number of thiophene rings is 1. The minimum atomic E-state index is 0.683. The van der Waals surface area contributed by atoms with Crippen LogP contribution in [0.3, 0.4) is 0 Å². The normalized spacial score (nSPS) is 10.8. The second-order valence-corrected chi connectivity index (χ2v) is 6.07. The van der Waals surface area contributed by atoms with Gasteiger partial charge in [-0.1, -0.05) is 29.8 Å². The third kappa shape index (κ3) is 3.25. The number of rotatable bonds is 5. The van der Waals surface area contributed by atoms with Crippen LogP contribution in [-0.4, -0.2) is 15.0 Å². The topological polar surface area (TPSA) is 42.7 Å². The van der Waals surface area contributed by atoms with Crippen LogP contribution in [0.15, 0.2) is 48.7 Å². The Labute approximate surface area is 126 Å². The molecule has 20 heavy (non-hydrogen) atoms. The smallest absolute Gasteiger partial charge is 0.0969 e. The molecule has 1 aromatic carbocycles. The fourth-order valence-electron chi connectivity index (χ4n) is 1.82. The zero-order chi connectivity index (χ0) is 13.8. The van der Waals surface area contributed by atoms with Crippen molar-refractivity contribution in [2.24, 2.45) is 0 Å². The van der Waals surface area contributed by atoms with Crippen LogP contribution in [0.2, 0.25) is 4.34 Å². The molecule has 0 aliphatic carbocycles. The van der Waals surface area contributed by atoms with E-state index >= 15 is 0 Å². The summed E-state index contributed by atoms with van der Waals surface area (Å²) in [5.74, 6) is 0. The number of benzene rings is 1. The van der Waals surface area contributed by atoms with Gasteiger partial charge in [0.15, 0.2) is 0 Å². The number of nitrogens with zero attached hydrogens (tertiary/aromatic N) is 3. The Kier molecular flexibility index (Phi) is 4.11. The SMILES string of the molecule is Clc1ccc(CNCc2cnn(-c3ccccc3)n2)s1. The molecule has 6 heteroatoms. The van der Waals surface area contributed by atoms with Gasteiger partial charge in [-0.15, -0.1) is 11.3 Å². The summed E-state index contributed by atoms with van der Waals surface area (Å²) in [5.41, 5.74) is 1.88. The monoisotopic (exact) mass is 304 g/mol. The Hall–Kier alpha value is -1.69. The largest absolute Gasteiger partial charge is 0.306 e. The van der Waals surface area contributed by atoms with Crippen LogP contribution >= 0.6 is 22.9 Å².